The number of amides is 1. The van der Waals surface area contributed by atoms with Crippen molar-refractivity contribution >= 4 is 5.91 Å². The van der Waals surface area contributed by atoms with Crippen molar-refractivity contribution in [1.82, 2.24) is 9.88 Å². The molecule has 0 N–H and O–H groups in total. The minimum absolute atomic E-state index is 0.355. The summed E-state index contributed by atoms with van der Waals surface area (Å²) in [7, 11) is 0. The number of carbonyl (C=O) groups is 1. The molecule has 0 unspecified atom stereocenters. The number of benzene rings is 1. The Morgan fingerprint density at radius 3 is 2.42 bits per heavy atom. The highest BCUT2D eigenvalue weighted by molar-refractivity contribution is 5.81. The second kappa shape index (κ2) is 7.90. The first-order valence-electron chi connectivity index (χ1n) is 9.67. The van der Waals surface area contributed by atoms with E-state index in [-0.39, 0.29) is 0 Å². The Morgan fingerprint density at radius 2 is 1.77 bits per heavy atom. The van der Waals surface area contributed by atoms with E-state index in [9.17, 15) is 4.79 Å². The molecule has 2 fully saturated rings. The first kappa shape index (κ1) is 17.1. The lowest BCUT2D eigenvalue weighted by Gasteiger charge is -2.32. The molecule has 1 amide bonds. The fourth-order valence-electron chi connectivity index (χ4n) is 3.65. The maximum atomic E-state index is 12.1. The zero-order valence-corrected chi connectivity index (χ0v) is 15.1. The molecule has 26 heavy (non-hydrogen) atoms. The maximum Gasteiger partial charge on any atom is 0.225 e. The summed E-state index contributed by atoms with van der Waals surface area (Å²) in [6, 6.07) is 12.5. The van der Waals surface area contributed by atoms with Crippen LogP contribution in [0.1, 0.15) is 36.8 Å². The molecule has 1 aliphatic heterocycles. The first-order valence-corrected chi connectivity index (χ1v) is 9.67. The van der Waals surface area contributed by atoms with Crippen molar-refractivity contribution < 1.29 is 9.53 Å². The number of rotatable bonds is 6. The van der Waals surface area contributed by atoms with Crippen LogP contribution in [0.3, 0.4) is 0 Å². The highest BCUT2D eigenvalue weighted by Crippen LogP contribution is 2.33. The Bertz CT molecular complexity index is 718. The van der Waals surface area contributed by atoms with E-state index in [0.29, 0.717) is 24.3 Å². The Labute approximate surface area is 155 Å². The zero-order chi connectivity index (χ0) is 17.8. The average molecular weight is 350 g/mol. The molecule has 2 aromatic rings. The van der Waals surface area contributed by atoms with Gasteiger partial charge in [-0.15, -0.1) is 0 Å². The number of aromatic nitrogens is 1. The van der Waals surface area contributed by atoms with Crippen molar-refractivity contribution in [3.8, 4) is 5.75 Å². The average Bonchev–Trinajstić information content (AvgIpc) is 3.54. The van der Waals surface area contributed by atoms with Crippen LogP contribution in [0, 0.1) is 11.8 Å². The van der Waals surface area contributed by atoms with Gasteiger partial charge in [0.15, 0.2) is 0 Å². The second-order valence-electron chi connectivity index (χ2n) is 7.54. The van der Waals surface area contributed by atoms with Gasteiger partial charge in [-0.05, 0) is 61.3 Å². The molecule has 1 saturated carbocycles. The molecule has 0 atom stereocenters. The molecule has 4 nitrogen and oxygen atoms in total. The van der Waals surface area contributed by atoms with Gasteiger partial charge in [0.1, 0.15) is 12.4 Å². The van der Waals surface area contributed by atoms with Crippen LogP contribution in [-0.2, 0) is 17.8 Å². The molecule has 0 bridgehead atoms. The van der Waals surface area contributed by atoms with Gasteiger partial charge in [0.25, 0.3) is 0 Å². The number of hydrogen-bond donors (Lipinski definition) is 0. The number of hydrogen-bond acceptors (Lipinski definition) is 3. The van der Waals surface area contributed by atoms with Crippen LogP contribution in [-0.4, -0.2) is 28.9 Å². The molecule has 0 spiro atoms. The monoisotopic (exact) mass is 350 g/mol. The van der Waals surface area contributed by atoms with Gasteiger partial charge >= 0.3 is 0 Å². The van der Waals surface area contributed by atoms with Crippen molar-refractivity contribution in [2.75, 3.05) is 13.1 Å². The van der Waals surface area contributed by atoms with Crippen LogP contribution in [0.25, 0.3) is 0 Å². The predicted octanol–water partition coefficient (Wildman–Crippen LogP) is 3.85. The fraction of sp³-hybridized carbons (Fsp3) is 0.455. The smallest absolute Gasteiger partial charge is 0.225 e. The number of nitrogens with zero attached hydrogens (tertiary/aromatic N) is 2. The standard InChI is InChI=1S/C22H26N2O2/c25-22(20-7-8-20)24-12-9-18(10-13-24)14-17-3-5-19(6-4-17)16-26-21-2-1-11-23-15-21/h1-6,11,15,18,20H,7-10,12-14,16H2. The lowest BCUT2D eigenvalue weighted by Crippen LogP contribution is -2.39. The van der Waals surface area contributed by atoms with Crippen molar-refractivity contribution in [1.29, 1.82) is 0 Å². The lowest BCUT2D eigenvalue weighted by atomic mass is 9.90. The summed E-state index contributed by atoms with van der Waals surface area (Å²) in [6.07, 6.45) is 9.05. The molecule has 136 valence electrons. The van der Waals surface area contributed by atoms with Gasteiger partial charge in [-0.25, -0.2) is 0 Å². The van der Waals surface area contributed by atoms with Gasteiger partial charge in [-0.2, -0.15) is 0 Å². The number of carbonyl (C=O) groups excluding carboxylic acids is 1. The molecule has 1 aromatic heterocycles. The molecule has 0 radical (unpaired) electrons. The molecule has 2 aliphatic rings. The second-order valence-corrected chi connectivity index (χ2v) is 7.54. The third kappa shape index (κ3) is 4.43. The summed E-state index contributed by atoms with van der Waals surface area (Å²) in [5.41, 5.74) is 2.55. The molecular formula is C22H26N2O2. The Morgan fingerprint density at radius 1 is 1.04 bits per heavy atom. The lowest BCUT2D eigenvalue weighted by molar-refractivity contribution is -0.133. The van der Waals surface area contributed by atoms with Crippen molar-refractivity contribution in [2.24, 2.45) is 11.8 Å². The predicted molar refractivity (Wildman–Crippen MR) is 101 cm³/mol. The van der Waals surface area contributed by atoms with Crippen LogP contribution in [0.2, 0.25) is 0 Å². The summed E-state index contributed by atoms with van der Waals surface area (Å²) >= 11 is 0. The quantitative estimate of drug-likeness (QED) is 0.795. The highest BCUT2D eigenvalue weighted by atomic mass is 16.5. The van der Waals surface area contributed by atoms with Crippen molar-refractivity contribution in [3.05, 3.63) is 59.9 Å². The normalized spacial score (nSPS) is 17.9. The molecule has 1 aromatic carbocycles. The SMILES string of the molecule is O=C(C1CC1)N1CCC(Cc2ccc(COc3cccnc3)cc2)CC1. The number of ether oxygens (including phenoxy) is 1. The van der Waals surface area contributed by atoms with E-state index in [4.69, 9.17) is 4.74 Å². The summed E-state index contributed by atoms with van der Waals surface area (Å²) in [4.78, 5) is 18.3. The minimum atomic E-state index is 0.355. The summed E-state index contributed by atoms with van der Waals surface area (Å²) in [5, 5.41) is 0. The van der Waals surface area contributed by atoms with E-state index in [1.807, 2.05) is 12.1 Å². The van der Waals surface area contributed by atoms with Crippen LogP contribution in [0.4, 0.5) is 0 Å². The van der Waals surface area contributed by atoms with Gasteiger partial charge in [-0.3, -0.25) is 9.78 Å². The summed E-state index contributed by atoms with van der Waals surface area (Å²) < 4.78 is 5.74. The number of piperidine rings is 1. The molecule has 1 aliphatic carbocycles. The van der Waals surface area contributed by atoms with Crippen LogP contribution in [0.5, 0.6) is 5.75 Å². The van der Waals surface area contributed by atoms with E-state index in [2.05, 4.69) is 34.1 Å². The van der Waals surface area contributed by atoms with Crippen LogP contribution in [0.15, 0.2) is 48.8 Å². The van der Waals surface area contributed by atoms with E-state index in [1.165, 1.54) is 11.1 Å². The van der Waals surface area contributed by atoms with Gasteiger partial charge in [0.2, 0.25) is 5.91 Å². The summed E-state index contributed by atoms with van der Waals surface area (Å²) in [5.74, 6) is 2.24. The Hall–Kier alpha value is -2.36. The van der Waals surface area contributed by atoms with Gasteiger partial charge in [-0.1, -0.05) is 24.3 Å². The largest absolute Gasteiger partial charge is 0.487 e. The van der Waals surface area contributed by atoms with E-state index < -0.39 is 0 Å². The van der Waals surface area contributed by atoms with E-state index in [1.54, 1.807) is 12.4 Å². The number of pyridine rings is 1. The maximum absolute atomic E-state index is 12.1. The summed E-state index contributed by atoms with van der Waals surface area (Å²) in [6.45, 7) is 2.45. The van der Waals surface area contributed by atoms with Gasteiger partial charge in [0, 0.05) is 25.2 Å². The molecule has 2 heterocycles. The molecule has 1 saturated heterocycles. The number of likely N-dealkylation sites (tertiary alicyclic amines) is 1. The van der Waals surface area contributed by atoms with Crippen molar-refractivity contribution in [2.45, 2.75) is 38.7 Å². The Kier molecular flexibility index (Phi) is 5.19. The zero-order valence-electron chi connectivity index (χ0n) is 15.1. The first-order chi connectivity index (χ1) is 12.8. The van der Waals surface area contributed by atoms with Gasteiger partial charge in [0.05, 0.1) is 6.20 Å². The van der Waals surface area contributed by atoms with E-state index >= 15 is 0 Å². The Balaban J connectivity index is 1.23. The van der Waals surface area contributed by atoms with Gasteiger partial charge < -0.3 is 9.64 Å². The van der Waals surface area contributed by atoms with Crippen LogP contribution < -0.4 is 4.74 Å². The molecular weight excluding hydrogens is 324 g/mol. The third-order valence-corrected chi connectivity index (χ3v) is 5.44. The highest BCUT2D eigenvalue weighted by Gasteiger charge is 2.34. The third-order valence-electron chi connectivity index (χ3n) is 5.44. The van der Waals surface area contributed by atoms with Crippen molar-refractivity contribution in [3.63, 3.8) is 0 Å². The van der Waals surface area contributed by atoms with Crippen LogP contribution >= 0.6 is 0 Å². The topological polar surface area (TPSA) is 42.4 Å². The molecule has 4 heteroatoms. The molecule has 4 rings (SSSR count). The fourth-order valence-corrected chi connectivity index (χ4v) is 3.65. The van der Waals surface area contributed by atoms with E-state index in [0.717, 1.165) is 50.9 Å². The minimum Gasteiger partial charge on any atom is -0.487 e.